The molecular formula is C15H24N2. The molecule has 94 valence electrons. The van der Waals surface area contributed by atoms with Crippen molar-refractivity contribution >= 4 is 0 Å². The van der Waals surface area contributed by atoms with Crippen molar-refractivity contribution in [2.75, 3.05) is 6.54 Å². The van der Waals surface area contributed by atoms with E-state index in [0.29, 0.717) is 12.1 Å². The molecule has 2 N–H and O–H groups in total. The average Bonchev–Trinajstić information content (AvgIpc) is 2.68. The topological polar surface area (TPSA) is 29.3 Å². The Morgan fingerprint density at radius 1 is 1.29 bits per heavy atom. The number of hydrogen-bond donors (Lipinski definition) is 1. The first kappa shape index (κ1) is 12.6. The monoisotopic (exact) mass is 232 g/mol. The van der Waals surface area contributed by atoms with Gasteiger partial charge in [0.25, 0.3) is 0 Å². The molecule has 0 saturated heterocycles. The largest absolute Gasteiger partial charge is 0.324 e. The summed E-state index contributed by atoms with van der Waals surface area (Å²) in [6.45, 7) is 7.92. The summed E-state index contributed by atoms with van der Waals surface area (Å²) in [5, 5.41) is 0. The van der Waals surface area contributed by atoms with Crippen LogP contribution in [-0.2, 0) is 0 Å². The summed E-state index contributed by atoms with van der Waals surface area (Å²) in [4.78, 5) is 2.59. The SMILES string of the molecule is CCC(C)N(CC)C1CC(N)c2ccccc21. The summed E-state index contributed by atoms with van der Waals surface area (Å²) >= 11 is 0. The summed E-state index contributed by atoms with van der Waals surface area (Å²) in [5.74, 6) is 0. The Kier molecular flexibility index (Phi) is 3.85. The van der Waals surface area contributed by atoms with Gasteiger partial charge in [0.2, 0.25) is 0 Å². The minimum absolute atomic E-state index is 0.217. The average molecular weight is 232 g/mol. The summed E-state index contributed by atoms with van der Waals surface area (Å²) < 4.78 is 0. The molecule has 1 aliphatic carbocycles. The molecule has 0 saturated carbocycles. The van der Waals surface area contributed by atoms with E-state index in [2.05, 4.69) is 49.9 Å². The highest BCUT2D eigenvalue weighted by atomic mass is 15.2. The molecule has 0 heterocycles. The van der Waals surface area contributed by atoms with Crippen LogP contribution in [0.1, 0.15) is 56.8 Å². The van der Waals surface area contributed by atoms with E-state index in [1.165, 1.54) is 17.5 Å². The first-order valence-corrected chi connectivity index (χ1v) is 6.79. The second kappa shape index (κ2) is 5.19. The van der Waals surface area contributed by atoms with Crippen LogP contribution in [0.15, 0.2) is 24.3 Å². The van der Waals surface area contributed by atoms with E-state index in [9.17, 15) is 0 Å². The predicted molar refractivity (Wildman–Crippen MR) is 72.9 cm³/mol. The Labute approximate surface area is 105 Å². The molecule has 3 atom stereocenters. The van der Waals surface area contributed by atoms with Crippen LogP contribution in [0, 0.1) is 0 Å². The summed E-state index contributed by atoms with van der Waals surface area (Å²) in [5.41, 5.74) is 9.04. The molecule has 0 radical (unpaired) electrons. The maximum Gasteiger partial charge on any atom is 0.0372 e. The lowest BCUT2D eigenvalue weighted by Crippen LogP contribution is -2.35. The van der Waals surface area contributed by atoms with Crippen molar-refractivity contribution in [1.29, 1.82) is 0 Å². The number of fused-ring (bicyclic) bond motifs is 1. The van der Waals surface area contributed by atoms with Gasteiger partial charge in [-0.15, -0.1) is 0 Å². The molecule has 0 aromatic heterocycles. The second-order valence-electron chi connectivity index (χ2n) is 5.07. The third kappa shape index (κ3) is 2.24. The van der Waals surface area contributed by atoms with Gasteiger partial charge in [-0.2, -0.15) is 0 Å². The lowest BCUT2D eigenvalue weighted by Gasteiger charge is -2.33. The van der Waals surface area contributed by atoms with Crippen molar-refractivity contribution in [3.05, 3.63) is 35.4 Å². The van der Waals surface area contributed by atoms with Crippen molar-refractivity contribution in [3.8, 4) is 0 Å². The fourth-order valence-electron chi connectivity index (χ4n) is 3.03. The zero-order valence-corrected chi connectivity index (χ0v) is 11.2. The normalized spacial score (nSPS) is 25.0. The summed E-state index contributed by atoms with van der Waals surface area (Å²) in [6, 6.07) is 10.0. The zero-order valence-electron chi connectivity index (χ0n) is 11.2. The lowest BCUT2D eigenvalue weighted by molar-refractivity contribution is 0.144. The van der Waals surface area contributed by atoms with Crippen LogP contribution in [0.25, 0.3) is 0 Å². The molecule has 2 heteroatoms. The van der Waals surface area contributed by atoms with Crippen molar-refractivity contribution in [1.82, 2.24) is 4.90 Å². The van der Waals surface area contributed by atoms with Crippen LogP contribution in [0.2, 0.25) is 0 Å². The van der Waals surface area contributed by atoms with E-state index < -0.39 is 0 Å². The van der Waals surface area contributed by atoms with E-state index >= 15 is 0 Å². The second-order valence-corrected chi connectivity index (χ2v) is 5.07. The Balaban J connectivity index is 2.29. The maximum atomic E-state index is 6.24. The van der Waals surface area contributed by atoms with Gasteiger partial charge in [-0.25, -0.2) is 0 Å². The minimum atomic E-state index is 0.217. The molecule has 0 spiro atoms. The van der Waals surface area contributed by atoms with Crippen LogP contribution in [0.3, 0.4) is 0 Å². The Morgan fingerprint density at radius 2 is 1.94 bits per heavy atom. The molecule has 1 aliphatic rings. The van der Waals surface area contributed by atoms with Gasteiger partial charge in [-0.1, -0.05) is 38.1 Å². The van der Waals surface area contributed by atoms with E-state index in [1.54, 1.807) is 0 Å². The highest BCUT2D eigenvalue weighted by Gasteiger charge is 2.33. The third-order valence-electron chi connectivity index (χ3n) is 4.15. The number of benzene rings is 1. The molecule has 17 heavy (non-hydrogen) atoms. The number of nitrogens with two attached hydrogens (primary N) is 1. The fourth-order valence-corrected chi connectivity index (χ4v) is 3.03. The Bertz CT molecular complexity index is 375. The molecule has 0 aliphatic heterocycles. The fraction of sp³-hybridized carbons (Fsp3) is 0.600. The van der Waals surface area contributed by atoms with E-state index in [0.717, 1.165) is 13.0 Å². The molecule has 2 nitrogen and oxygen atoms in total. The highest BCUT2D eigenvalue weighted by molar-refractivity contribution is 5.37. The van der Waals surface area contributed by atoms with Crippen molar-refractivity contribution in [2.45, 2.75) is 51.7 Å². The molecule has 3 unspecified atom stereocenters. The lowest BCUT2D eigenvalue weighted by atomic mass is 10.0. The Hall–Kier alpha value is -0.860. The summed E-state index contributed by atoms with van der Waals surface area (Å²) in [7, 11) is 0. The van der Waals surface area contributed by atoms with Gasteiger partial charge in [-0.05, 0) is 37.4 Å². The molecule has 1 aromatic carbocycles. The first-order valence-electron chi connectivity index (χ1n) is 6.79. The summed E-state index contributed by atoms with van der Waals surface area (Å²) in [6.07, 6.45) is 2.26. The van der Waals surface area contributed by atoms with Crippen LogP contribution in [0.4, 0.5) is 0 Å². The van der Waals surface area contributed by atoms with Crippen molar-refractivity contribution in [3.63, 3.8) is 0 Å². The van der Waals surface area contributed by atoms with E-state index in [4.69, 9.17) is 5.73 Å². The van der Waals surface area contributed by atoms with Gasteiger partial charge in [-0.3, -0.25) is 4.90 Å². The zero-order chi connectivity index (χ0) is 12.4. The number of nitrogens with zero attached hydrogens (tertiary/aromatic N) is 1. The van der Waals surface area contributed by atoms with Crippen LogP contribution in [-0.4, -0.2) is 17.5 Å². The minimum Gasteiger partial charge on any atom is -0.324 e. The Morgan fingerprint density at radius 3 is 2.53 bits per heavy atom. The van der Waals surface area contributed by atoms with E-state index in [-0.39, 0.29) is 6.04 Å². The highest BCUT2D eigenvalue weighted by Crippen LogP contribution is 2.41. The molecule has 2 rings (SSSR count). The van der Waals surface area contributed by atoms with E-state index in [1.807, 2.05) is 0 Å². The molecule has 0 fully saturated rings. The van der Waals surface area contributed by atoms with Gasteiger partial charge in [0.05, 0.1) is 0 Å². The predicted octanol–water partition coefficient (Wildman–Crippen LogP) is 3.25. The van der Waals surface area contributed by atoms with Gasteiger partial charge in [0, 0.05) is 18.1 Å². The maximum absolute atomic E-state index is 6.24. The number of rotatable bonds is 4. The van der Waals surface area contributed by atoms with Crippen LogP contribution in [0.5, 0.6) is 0 Å². The van der Waals surface area contributed by atoms with Crippen molar-refractivity contribution in [2.24, 2.45) is 5.73 Å². The van der Waals surface area contributed by atoms with Gasteiger partial charge in [0.15, 0.2) is 0 Å². The first-order chi connectivity index (χ1) is 8.19. The standard InChI is InChI=1S/C15H24N2/c1-4-11(3)17(5-2)15-10-14(16)12-8-6-7-9-13(12)15/h6-9,11,14-15H,4-5,10,16H2,1-3H3. The van der Waals surface area contributed by atoms with Gasteiger partial charge < -0.3 is 5.73 Å². The van der Waals surface area contributed by atoms with Crippen molar-refractivity contribution < 1.29 is 0 Å². The van der Waals surface area contributed by atoms with Gasteiger partial charge in [0.1, 0.15) is 0 Å². The molecule has 0 bridgehead atoms. The molecular weight excluding hydrogens is 208 g/mol. The van der Waals surface area contributed by atoms with Crippen LogP contribution < -0.4 is 5.73 Å². The quantitative estimate of drug-likeness (QED) is 0.863. The third-order valence-corrected chi connectivity index (χ3v) is 4.15. The smallest absolute Gasteiger partial charge is 0.0372 e. The number of hydrogen-bond acceptors (Lipinski definition) is 2. The van der Waals surface area contributed by atoms with Crippen LogP contribution >= 0.6 is 0 Å². The molecule has 1 aromatic rings. The molecule has 0 amide bonds. The van der Waals surface area contributed by atoms with Gasteiger partial charge >= 0.3 is 0 Å².